The van der Waals surface area contributed by atoms with Gasteiger partial charge in [-0.25, -0.2) is 0 Å². The van der Waals surface area contributed by atoms with Gasteiger partial charge in [-0.15, -0.1) is 0 Å². The predicted molar refractivity (Wildman–Crippen MR) is 84.1 cm³/mol. The van der Waals surface area contributed by atoms with Crippen LogP contribution in [0.2, 0.25) is 0 Å². The topological polar surface area (TPSA) is 79.3 Å². The number of carbonyl (C=O) groups excluding carboxylic acids is 1. The Kier molecular flexibility index (Phi) is 5.44. The third-order valence-electron chi connectivity index (χ3n) is 4.14. The van der Waals surface area contributed by atoms with Crippen molar-refractivity contribution in [3.63, 3.8) is 0 Å². The first-order chi connectivity index (χ1) is 11.0. The fourth-order valence-corrected chi connectivity index (χ4v) is 2.69. The van der Waals surface area contributed by atoms with Crippen LogP contribution in [0.15, 0.2) is 18.2 Å². The van der Waals surface area contributed by atoms with Crippen LogP contribution < -0.4 is 9.47 Å². The zero-order valence-electron chi connectivity index (χ0n) is 13.6. The van der Waals surface area contributed by atoms with Crippen LogP contribution >= 0.6 is 0 Å². The van der Waals surface area contributed by atoms with E-state index in [-0.39, 0.29) is 5.91 Å². The van der Waals surface area contributed by atoms with E-state index in [2.05, 4.69) is 0 Å². The van der Waals surface area contributed by atoms with Gasteiger partial charge in [0.05, 0.1) is 19.8 Å². The highest BCUT2D eigenvalue weighted by Crippen LogP contribution is 2.31. The van der Waals surface area contributed by atoms with Crippen molar-refractivity contribution in [3.8, 4) is 11.5 Å². The lowest BCUT2D eigenvalue weighted by molar-refractivity contribution is -0.143. The standard InChI is InChI=1S/C16H22N2O5/c1-11(16(20)21)17-7-9-18(10-8-17)15(19)12-5-4-6-13(22-2)14(12)23-3/h4-6,11H,7-10H2,1-3H3,(H,20,21). The summed E-state index contributed by atoms with van der Waals surface area (Å²) < 4.78 is 10.5. The average Bonchev–Trinajstić information content (AvgIpc) is 2.59. The molecule has 7 heteroatoms. The molecule has 0 radical (unpaired) electrons. The molecule has 1 heterocycles. The largest absolute Gasteiger partial charge is 0.493 e. The molecule has 0 bridgehead atoms. The van der Waals surface area contributed by atoms with Crippen molar-refractivity contribution in [1.29, 1.82) is 0 Å². The van der Waals surface area contributed by atoms with Gasteiger partial charge in [-0.1, -0.05) is 6.07 Å². The molecule has 126 valence electrons. The van der Waals surface area contributed by atoms with E-state index in [0.29, 0.717) is 43.2 Å². The smallest absolute Gasteiger partial charge is 0.320 e. The van der Waals surface area contributed by atoms with Gasteiger partial charge < -0.3 is 19.5 Å². The Bertz CT molecular complexity index is 582. The number of hydrogen-bond donors (Lipinski definition) is 1. The summed E-state index contributed by atoms with van der Waals surface area (Å²) >= 11 is 0. The van der Waals surface area contributed by atoms with E-state index >= 15 is 0 Å². The number of nitrogens with zero attached hydrogens (tertiary/aromatic N) is 2. The van der Waals surface area contributed by atoms with E-state index in [0.717, 1.165) is 0 Å². The molecule has 0 saturated carbocycles. The van der Waals surface area contributed by atoms with Crippen LogP contribution in [-0.2, 0) is 4.79 Å². The average molecular weight is 322 g/mol. The van der Waals surface area contributed by atoms with Gasteiger partial charge in [0.15, 0.2) is 11.5 Å². The van der Waals surface area contributed by atoms with E-state index in [1.807, 2.05) is 4.90 Å². The highest BCUT2D eigenvalue weighted by molar-refractivity contribution is 5.98. The minimum Gasteiger partial charge on any atom is -0.493 e. The molecular formula is C16H22N2O5. The number of rotatable bonds is 5. The molecule has 2 rings (SSSR count). The third-order valence-corrected chi connectivity index (χ3v) is 4.14. The Balaban J connectivity index is 2.10. The van der Waals surface area contributed by atoms with Crippen molar-refractivity contribution in [3.05, 3.63) is 23.8 Å². The van der Waals surface area contributed by atoms with Crippen molar-refractivity contribution in [1.82, 2.24) is 9.80 Å². The number of benzene rings is 1. The van der Waals surface area contributed by atoms with E-state index in [1.54, 1.807) is 30.0 Å². The van der Waals surface area contributed by atoms with E-state index < -0.39 is 12.0 Å². The number of carboxylic acids is 1. The second-order valence-electron chi connectivity index (χ2n) is 5.38. The lowest BCUT2D eigenvalue weighted by Crippen LogP contribution is -2.53. The van der Waals surface area contributed by atoms with Gasteiger partial charge in [0, 0.05) is 26.2 Å². The summed E-state index contributed by atoms with van der Waals surface area (Å²) in [5.74, 6) is -0.0551. The molecular weight excluding hydrogens is 300 g/mol. The second-order valence-corrected chi connectivity index (χ2v) is 5.38. The predicted octanol–water partition coefficient (Wildman–Crippen LogP) is 0.935. The Morgan fingerprint density at radius 2 is 1.78 bits per heavy atom. The first-order valence-electron chi connectivity index (χ1n) is 7.46. The fourth-order valence-electron chi connectivity index (χ4n) is 2.69. The van der Waals surface area contributed by atoms with Crippen molar-refractivity contribution in [2.24, 2.45) is 0 Å². The molecule has 1 amide bonds. The number of ether oxygens (including phenoxy) is 2. The van der Waals surface area contributed by atoms with Crippen molar-refractivity contribution < 1.29 is 24.2 Å². The summed E-state index contributed by atoms with van der Waals surface area (Å²) in [6.45, 7) is 3.69. The lowest BCUT2D eigenvalue weighted by atomic mass is 10.1. The van der Waals surface area contributed by atoms with Crippen LogP contribution in [0.1, 0.15) is 17.3 Å². The maximum Gasteiger partial charge on any atom is 0.320 e. The van der Waals surface area contributed by atoms with Crippen molar-refractivity contribution >= 4 is 11.9 Å². The molecule has 1 unspecified atom stereocenters. The Morgan fingerprint density at radius 3 is 2.30 bits per heavy atom. The number of amides is 1. The van der Waals surface area contributed by atoms with Crippen LogP contribution in [0.4, 0.5) is 0 Å². The maximum atomic E-state index is 12.7. The molecule has 1 aromatic rings. The molecule has 1 saturated heterocycles. The van der Waals surface area contributed by atoms with Gasteiger partial charge in [0.2, 0.25) is 0 Å². The van der Waals surface area contributed by atoms with Gasteiger partial charge >= 0.3 is 5.97 Å². The van der Waals surface area contributed by atoms with Crippen molar-refractivity contribution in [2.45, 2.75) is 13.0 Å². The van der Waals surface area contributed by atoms with Crippen LogP contribution in [0.3, 0.4) is 0 Å². The number of aliphatic carboxylic acids is 1. The zero-order chi connectivity index (χ0) is 17.0. The Hall–Kier alpha value is -2.28. The first kappa shape index (κ1) is 17.1. The molecule has 1 atom stereocenters. The van der Waals surface area contributed by atoms with Crippen LogP contribution in [-0.4, -0.2) is 73.2 Å². The van der Waals surface area contributed by atoms with Gasteiger partial charge in [-0.3, -0.25) is 14.5 Å². The summed E-state index contributed by atoms with van der Waals surface area (Å²) in [6.07, 6.45) is 0. The molecule has 1 aromatic carbocycles. The first-order valence-corrected chi connectivity index (χ1v) is 7.46. The van der Waals surface area contributed by atoms with Crippen molar-refractivity contribution in [2.75, 3.05) is 40.4 Å². The minimum atomic E-state index is -0.848. The number of hydrogen-bond acceptors (Lipinski definition) is 5. The number of para-hydroxylation sites is 1. The molecule has 0 spiro atoms. The molecule has 1 aliphatic rings. The number of carboxylic acid groups (broad SMARTS) is 1. The summed E-state index contributed by atoms with van der Waals surface area (Å²) in [7, 11) is 3.03. The van der Waals surface area contributed by atoms with Crippen LogP contribution in [0.25, 0.3) is 0 Å². The van der Waals surface area contributed by atoms with E-state index in [9.17, 15) is 9.59 Å². The zero-order valence-corrected chi connectivity index (χ0v) is 13.6. The van der Waals surface area contributed by atoms with Gasteiger partial charge in [0.1, 0.15) is 6.04 Å². The molecule has 0 aromatic heterocycles. The minimum absolute atomic E-state index is 0.136. The summed E-state index contributed by atoms with van der Waals surface area (Å²) in [5, 5.41) is 9.06. The normalized spacial score (nSPS) is 16.7. The Morgan fingerprint density at radius 1 is 1.13 bits per heavy atom. The summed E-state index contributed by atoms with van der Waals surface area (Å²) in [5.41, 5.74) is 0.451. The highest BCUT2D eigenvalue weighted by atomic mass is 16.5. The second kappa shape index (κ2) is 7.32. The van der Waals surface area contributed by atoms with Crippen LogP contribution in [0.5, 0.6) is 11.5 Å². The Labute approximate surface area is 135 Å². The lowest BCUT2D eigenvalue weighted by Gasteiger charge is -2.36. The summed E-state index contributed by atoms with van der Waals surface area (Å²) in [6, 6.07) is 4.65. The third kappa shape index (κ3) is 3.56. The summed E-state index contributed by atoms with van der Waals surface area (Å²) in [4.78, 5) is 27.3. The molecule has 1 aliphatic heterocycles. The van der Waals surface area contributed by atoms with Crippen LogP contribution in [0, 0.1) is 0 Å². The number of carbonyl (C=O) groups is 2. The number of piperazine rings is 1. The van der Waals surface area contributed by atoms with Gasteiger partial charge in [-0.2, -0.15) is 0 Å². The van der Waals surface area contributed by atoms with Gasteiger partial charge in [0.25, 0.3) is 5.91 Å². The molecule has 0 aliphatic carbocycles. The van der Waals surface area contributed by atoms with E-state index in [1.165, 1.54) is 14.2 Å². The fraction of sp³-hybridized carbons (Fsp3) is 0.500. The number of methoxy groups -OCH3 is 2. The highest BCUT2D eigenvalue weighted by Gasteiger charge is 2.29. The maximum absolute atomic E-state index is 12.7. The quantitative estimate of drug-likeness (QED) is 0.869. The molecule has 23 heavy (non-hydrogen) atoms. The molecule has 1 N–H and O–H groups in total. The van der Waals surface area contributed by atoms with E-state index in [4.69, 9.17) is 14.6 Å². The monoisotopic (exact) mass is 322 g/mol. The SMILES string of the molecule is COc1cccc(C(=O)N2CCN(C(C)C(=O)O)CC2)c1OC. The molecule has 1 fully saturated rings. The van der Waals surface area contributed by atoms with Gasteiger partial charge in [-0.05, 0) is 19.1 Å². The molecule has 7 nitrogen and oxygen atoms in total.